The van der Waals surface area contributed by atoms with Crippen LogP contribution in [0.2, 0.25) is 0 Å². The van der Waals surface area contributed by atoms with Crippen molar-refractivity contribution in [3.63, 3.8) is 0 Å². The van der Waals surface area contributed by atoms with E-state index in [-0.39, 0.29) is 5.92 Å². The molecule has 0 bridgehead atoms. The number of fused-ring (bicyclic) bond motifs is 3. The fourth-order valence-corrected chi connectivity index (χ4v) is 7.22. The van der Waals surface area contributed by atoms with Crippen molar-refractivity contribution in [1.82, 2.24) is 4.98 Å². The van der Waals surface area contributed by atoms with Gasteiger partial charge in [-0.25, -0.2) is 4.98 Å². The van der Waals surface area contributed by atoms with E-state index in [2.05, 4.69) is 114 Å². The van der Waals surface area contributed by atoms with Crippen LogP contribution in [0.1, 0.15) is 34.1 Å². The second kappa shape index (κ2) is 13.3. The number of ether oxygens (including phenoxy) is 1. The Morgan fingerprint density at radius 1 is 0.556 bits per heavy atom. The topological polar surface area (TPSA) is 51.6 Å². The Morgan fingerprint density at radius 3 is 2.06 bits per heavy atom. The van der Waals surface area contributed by atoms with Crippen molar-refractivity contribution in [2.75, 3.05) is 4.90 Å². The van der Waals surface area contributed by atoms with Crippen molar-refractivity contribution < 1.29 is 13.6 Å². The second-order valence-corrected chi connectivity index (χ2v) is 13.3. The first-order chi connectivity index (χ1) is 26.7. The summed E-state index contributed by atoms with van der Waals surface area (Å²) in [5.41, 5.74) is 13.7. The van der Waals surface area contributed by atoms with Crippen molar-refractivity contribution in [2.45, 2.75) is 5.92 Å². The van der Waals surface area contributed by atoms with Gasteiger partial charge in [-0.1, -0.05) is 121 Å². The maximum Gasteiger partial charge on any atom is 0.207 e. The number of anilines is 3. The molecule has 10 rings (SSSR count). The molecule has 2 aromatic heterocycles. The fourth-order valence-electron chi connectivity index (χ4n) is 7.22. The molecule has 0 N–H and O–H groups in total. The Hall–Kier alpha value is -7.33. The molecule has 54 heavy (non-hydrogen) atoms. The van der Waals surface area contributed by atoms with E-state index in [9.17, 15) is 0 Å². The summed E-state index contributed by atoms with van der Waals surface area (Å²) in [5.74, 6) is 2.74. The predicted octanol–water partition coefficient (Wildman–Crippen LogP) is 12.9. The van der Waals surface area contributed by atoms with Gasteiger partial charge in [0.15, 0.2) is 11.3 Å². The molecule has 256 valence electrons. The number of aromatic nitrogens is 1. The van der Waals surface area contributed by atoms with Crippen molar-refractivity contribution in [3.05, 3.63) is 216 Å². The fraction of sp³-hybridized carbons (Fsp3) is 0.0204. The molecule has 0 radical (unpaired) electrons. The highest BCUT2D eigenvalue weighted by Gasteiger charge is 2.26. The van der Waals surface area contributed by atoms with Crippen LogP contribution in [0.3, 0.4) is 0 Å². The summed E-state index contributed by atoms with van der Waals surface area (Å²) in [6.07, 6.45) is 1.97. The Morgan fingerprint density at radius 2 is 1.24 bits per heavy atom. The molecular formula is C49H32N2O3. The minimum atomic E-state index is -0.234. The molecule has 7 aromatic carbocycles. The van der Waals surface area contributed by atoms with E-state index < -0.39 is 0 Å². The lowest BCUT2D eigenvalue weighted by Crippen LogP contribution is -2.10. The van der Waals surface area contributed by atoms with Gasteiger partial charge in [0, 0.05) is 33.5 Å². The zero-order valence-electron chi connectivity index (χ0n) is 29.1. The molecule has 5 nitrogen and oxygen atoms in total. The third-order valence-electron chi connectivity index (χ3n) is 9.88. The lowest BCUT2D eigenvalue weighted by molar-refractivity contribution is 0.512. The van der Waals surface area contributed by atoms with E-state index in [1.54, 1.807) is 0 Å². The van der Waals surface area contributed by atoms with Gasteiger partial charge in [0.25, 0.3) is 0 Å². The monoisotopic (exact) mass is 696 g/mol. The predicted molar refractivity (Wildman–Crippen MR) is 216 cm³/mol. The molecule has 9 aromatic rings. The highest BCUT2D eigenvalue weighted by Crippen LogP contribution is 2.42. The Kier molecular flexibility index (Phi) is 7.76. The molecule has 1 atom stereocenters. The SMILES string of the molecule is C1=Cc2ccccc2OC=1c1ccc(N(c2ccccc2)c2cccc3nc(C(c4ccccc4)c4ccc(-c5cc6ccccc6o5)cc4)oc23)cc1. The zero-order chi connectivity index (χ0) is 35.8. The van der Waals surface area contributed by atoms with Gasteiger partial charge < -0.3 is 18.5 Å². The molecule has 1 unspecified atom stereocenters. The molecule has 0 saturated heterocycles. The quantitative estimate of drug-likeness (QED) is 0.148. The number of rotatable bonds is 8. The van der Waals surface area contributed by atoms with Crippen molar-refractivity contribution in [2.24, 2.45) is 0 Å². The van der Waals surface area contributed by atoms with Crippen LogP contribution in [-0.2, 0) is 0 Å². The first kappa shape index (κ1) is 31.4. The third kappa shape index (κ3) is 5.75. The van der Waals surface area contributed by atoms with Crippen LogP contribution in [0, 0.1) is 0 Å². The Balaban J connectivity index is 1.04. The van der Waals surface area contributed by atoms with Crippen molar-refractivity contribution >= 4 is 51.0 Å². The summed E-state index contributed by atoms with van der Waals surface area (Å²) in [6.45, 7) is 0. The third-order valence-corrected chi connectivity index (χ3v) is 9.88. The van der Waals surface area contributed by atoms with Gasteiger partial charge in [-0.05, 0) is 83.9 Å². The minimum absolute atomic E-state index is 0.234. The van der Waals surface area contributed by atoms with Gasteiger partial charge in [-0.15, -0.1) is 0 Å². The molecule has 0 fully saturated rings. The van der Waals surface area contributed by atoms with Crippen LogP contribution in [0.15, 0.2) is 197 Å². The van der Waals surface area contributed by atoms with Gasteiger partial charge in [-0.2, -0.15) is 0 Å². The van der Waals surface area contributed by atoms with Gasteiger partial charge in [0.2, 0.25) is 5.89 Å². The van der Waals surface area contributed by atoms with Crippen LogP contribution >= 0.6 is 0 Å². The molecule has 1 aliphatic heterocycles. The molecule has 1 aliphatic rings. The first-order valence-electron chi connectivity index (χ1n) is 18.0. The lowest BCUT2D eigenvalue weighted by Gasteiger charge is -2.25. The standard InChI is InChI=1S/C49H32N2O3/c1-3-13-36(14-4-1)47(37-24-22-35(23-25-37)46-32-38-15-8-10-21-44(38)53-46)49-50-41-18-11-19-42(48(41)54-49)51(39-16-5-2-6-17-39)40-29-26-34(27-30-40)45-31-28-33-12-7-9-20-43(33)52-45/h1-30,32,47H. The van der Waals surface area contributed by atoms with E-state index >= 15 is 0 Å². The average molecular weight is 697 g/mol. The number of para-hydroxylation sites is 4. The van der Waals surface area contributed by atoms with Crippen molar-refractivity contribution in [3.8, 4) is 17.1 Å². The van der Waals surface area contributed by atoms with Crippen molar-refractivity contribution in [1.29, 1.82) is 0 Å². The van der Waals surface area contributed by atoms with Crippen LogP contribution in [0.5, 0.6) is 5.75 Å². The Bertz CT molecular complexity index is 2800. The minimum Gasteiger partial charge on any atom is -0.456 e. The normalized spacial score (nSPS) is 12.6. The van der Waals surface area contributed by atoms with Crippen LogP contribution in [0.25, 0.3) is 45.2 Å². The van der Waals surface area contributed by atoms with Gasteiger partial charge >= 0.3 is 0 Å². The highest BCUT2D eigenvalue weighted by atomic mass is 16.5. The van der Waals surface area contributed by atoms with E-state index in [0.717, 1.165) is 72.9 Å². The van der Waals surface area contributed by atoms with E-state index in [0.29, 0.717) is 17.2 Å². The number of oxazole rings is 1. The number of furan rings is 1. The average Bonchev–Trinajstić information content (AvgIpc) is 3.88. The molecule has 5 heteroatoms. The molecule has 3 heterocycles. The second-order valence-electron chi connectivity index (χ2n) is 13.3. The largest absolute Gasteiger partial charge is 0.456 e. The number of nitrogens with zero attached hydrogens (tertiary/aromatic N) is 2. The van der Waals surface area contributed by atoms with E-state index in [1.165, 1.54) is 0 Å². The molecule has 0 amide bonds. The summed E-state index contributed by atoms with van der Waals surface area (Å²) in [4.78, 5) is 7.37. The van der Waals surface area contributed by atoms with E-state index in [1.807, 2.05) is 84.9 Å². The summed E-state index contributed by atoms with van der Waals surface area (Å²) >= 11 is 0. The van der Waals surface area contributed by atoms with Crippen LogP contribution < -0.4 is 9.64 Å². The van der Waals surface area contributed by atoms with Gasteiger partial charge in [-0.3, -0.25) is 0 Å². The first-order valence-corrected chi connectivity index (χ1v) is 18.0. The van der Waals surface area contributed by atoms with E-state index in [4.69, 9.17) is 18.6 Å². The van der Waals surface area contributed by atoms with Gasteiger partial charge in [0.1, 0.15) is 22.6 Å². The lowest BCUT2D eigenvalue weighted by atomic mass is 9.90. The molecule has 0 spiro atoms. The van der Waals surface area contributed by atoms with Gasteiger partial charge in [0.05, 0.1) is 11.6 Å². The summed E-state index contributed by atoms with van der Waals surface area (Å²) < 4.78 is 19.3. The maximum absolute atomic E-state index is 6.89. The number of benzene rings is 7. The highest BCUT2D eigenvalue weighted by molar-refractivity contribution is 5.94. The summed E-state index contributed by atoms with van der Waals surface area (Å²) in [5, 5.41) is 1.08. The molecular weight excluding hydrogens is 665 g/mol. The smallest absolute Gasteiger partial charge is 0.207 e. The molecule has 0 saturated carbocycles. The van der Waals surface area contributed by atoms with Crippen LogP contribution in [-0.4, -0.2) is 4.98 Å². The number of hydrogen-bond acceptors (Lipinski definition) is 5. The molecule has 0 aliphatic carbocycles. The summed E-state index contributed by atoms with van der Waals surface area (Å²) in [7, 11) is 0. The summed E-state index contributed by atoms with van der Waals surface area (Å²) in [6, 6.07) is 61.9. The maximum atomic E-state index is 6.89. The zero-order valence-corrected chi connectivity index (χ0v) is 29.1. The van der Waals surface area contributed by atoms with Crippen LogP contribution in [0.4, 0.5) is 17.1 Å². The number of hydrogen-bond donors (Lipinski definition) is 0. The Labute approximate surface area is 312 Å².